The summed E-state index contributed by atoms with van der Waals surface area (Å²) in [6, 6.07) is 40.4. The number of aryl methyl sites for hydroxylation is 1. The van der Waals surface area contributed by atoms with Gasteiger partial charge >= 0.3 is 11.9 Å². The van der Waals surface area contributed by atoms with Crippen molar-refractivity contribution in [1.82, 2.24) is 0 Å². The Bertz CT molecular complexity index is 2260. The maximum atomic E-state index is 13.2. The molecule has 7 aromatic carbocycles. The van der Waals surface area contributed by atoms with Gasteiger partial charge in [0.25, 0.3) is 0 Å². The zero-order chi connectivity index (χ0) is 32.2. The maximum Gasteiger partial charge on any atom is 0.349 e. The third kappa shape index (κ3) is 6.06. The molecule has 0 aliphatic rings. The molecule has 0 N–H and O–H groups in total. The van der Waals surface area contributed by atoms with E-state index in [2.05, 4.69) is 13.0 Å². The molecule has 0 unspecified atom stereocenters. The number of carbonyl (C=O) groups is 2. The minimum absolute atomic E-state index is 0.291. The summed E-state index contributed by atoms with van der Waals surface area (Å²) in [7, 11) is 0. The van der Waals surface area contributed by atoms with Gasteiger partial charge in [-0.2, -0.15) is 0 Å². The van der Waals surface area contributed by atoms with Gasteiger partial charge in [0.05, 0.1) is 0 Å². The summed E-state index contributed by atoms with van der Waals surface area (Å²) < 4.78 is 24.2. The van der Waals surface area contributed by atoms with Crippen LogP contribution >= 0.6 is 0 Å². The smallest absolute Gasteiger partial charge is 0.349 e. The van der Waals surface area contributed by atoms with Gasteiger partial charge in [0, 0.05) is 32.3 Å². The second-order valence-electron chi connectivity index (χ2n) is 11.3. The van der Waals surface area contributed by atoms with E-state index in [4.69, 9.17) is 18.9 Å². The Hall–Kier alpha value is -5.88. The Morgan fingerprint density at radius 3 is 1.51 bits per heavy atom. The lowest BCUT2D eigenvalue weighted by Gasteiger charge is -2.19. The van der Waals surface area contributed by atoms with Crippen molar-refractivity contribution in [2.45, 2.75) is 19.8 Å². The zero-order valence-electron chi connectivity index (χ0n) is 25.9. The Labute approximate surface area is 272 Å². The molecule has 0 bridgehead atoms. The molecule has 6 nitrogen and oxygen atoms in total. The van der Waals surface area contributed by atoms with E-state index in [9.17, 15) is 9.59 Å². The number of rotatable bonds is 10. The molecule has 0 radical (unpaired) electrons. The number of ether oxygens (including phenoxy) is 4. The number of carbonyl (C=O) groups excluding carboxylic acids is 2. The van der Waals surface area contributed by atoms with Crippen LogP contribution in [0.25, 0.3) is 43.1 Å². The molecule has 0 aliphatic heterocycles. The summed E-state index contributed by atoms with van der Waals surface area (Å²) in [5.41, 5.74) is 1.05. The molecule has 6 heteroatoms. The van der Waals surface area contributed by atoms with E-state index in [0.717, 1.165) is 61.5 Å². The van der Waals surface area contributed by atoms with Crippen LogP contribution in [0.5, 0.6) is 23.0 Å². The fourth-order valence-corrected chi connectivity index (χ4v) is 6.14. The largest absolute Gasteiger partial charge is 0.481 e. The van der Waals surface area contributed by atoms with Gasteiger partial charge in [-0.1, -0.05) is 129 Å². The topological polar surface area (TPSA) is 71.1 Å². The molecule has 47 heavy (non-hydrogen) atoms. The summed E-state index contributed by atoms with van der Waals surface area (Å²) in [4.78, 5) is 26.3. The molecular formula is C41H32O6. The van der Waals surface area contributed by atoms with Crippen molar-refractivity contribution in [3.8, 4) is 23.0 Å². The highest BCUT2D eigenvalue weighted by Crippen LogP contribution is 2.44. The van der Waals surface area contributed by atoms with Crippen LogP contribution in [0.2, 0.25) is 0 Å². The average molecular weight is 621 g/mol. The third-order valence-corrected chi connectivity index (χ3v) is 8.17. The number of esters is 2. The van der Waals surface area contributed by atoms with Crippen LogP contribution in [0.1, 0.15) is 18.9 Å². The summed E-state index contributed by atoms with van der Waals surface area (Å²) in [6.45, 7) is 1.53. The van der Waals surface area contributed by atoms with Gasteiger partial charge in [-0.3, -0.25) is 0 Å². The average Bonchev–Trinajstić information content (AvgIpc) is 3.10. The van der Waals surface area contributed by atoms with Gasteiger partial charge < -0.3 is 18.9 Å². The third-order valence-electron chi connectivity index (χ3n) is 8.17. The van der Waals surface area contributed by atoms with Crippen molar-refractivity contribution in [3.05, 3.63) is 133 Å². The number of benzene rings is 7. The molecule has 7 aromatic rings. The highest BCUT2D eigenvalue weighted by Gasteiger charge is 2.21. The lowest BCUT2D eigenvalue weighted by atomic mass is 9.95. The van der Waals surface area contributed by atoms with Crippen LogP contribution in [-0.4, -0.2) is 25.2 Å². The van der Waals surface area contributed by atoms with E-state index in [1.165, 1.54) is 0 Å². The molecule has 0 saturated heterocycles. The fraction of sp³-hybridized carbons (Fsp3) is 0.122. The first-order valence-electron chi connectivity index (χ1n) is 15.7. The first-order valence-corrected chi connectivity index (χ1v) is 15.7. The monoisotopic (exact) mass is 620 g/mol. The molecular weight excluding hydrogens is 588 g/mol. The Balaban J connectivity index is 1.20. The molecule has 0 aromatic heterocycles. The van der Waals surface area contributed by atoms with E-state index in [1.807, 2.05) is 109 Å². The zero-order valence-corrected chi connectivity index (χ0v) is 25.9. The lowest BCUT2D eigenvalue weighted by Crippen LogP contribution is -2.19. The standard InChI is InChI=1S/C41H32O6/c1-2-12-29-17-9-22-34-39(29)41(45-26-38(43)47-36-24-11-16-28-14-4-6-19-31(28)36)33-21-8-7-20-32(33)40(34)44-25-37(42)46-35-23-10-15-27-13-3-5-18-30(27)35/h3-11,13-24H,2,12,25-26H2,1H3. The Kier molecular flexibility index (Phi) is 8.39. The second-order valence-corrected chi connectivity index (χ2v) is 11.3. The highest BCUT2D eigenvalue weighted by molar-refractivity contribution is 6.12. The van der Waals surface area contributed by atoms with Gasteiger partial charge in [0.2, 0.25) is 0 Å². The molecule has 0 fully saturated rings. The molecule has 0 amide bonds. The molecule has 0 atom stereocenters. The quantitative estimate of drug-likeness (QED) is 0.0863. The van der Waals surface area contributed by atoms with Crippen molar-refractivity contribution >= 4 is 55.0 Å². The minimum Gasteiger partial charge on any atom is -0.481 e. The van der Waals surface area contributed by atoms with Gasteiger partial charge in [0.15, 0.2) is 13.2 Å². The van der Waals surface area contributed by atoms with E-state index in [1.54, 1.807) is 12.1 Å². The molecule has 7 rings (SSSR count). The molecule has 0 heterocycles. The number of fused-ring (bicyclic) bond motifs is 4. The number of hydrogen-bond donors (Lipinski definition) is 0. The predicted molar refractivity (Wildman–Crippen MR) is 186 cm³/mol. The van der Waals surface area contributed by atoms with Gasteiger partial charge in [-0.15, -0.1) is 0 Å². The van der Waals surface area contributed by atoms with Crippen LogP contribution in [0.3, 0.4) is 0 Å². The van der Waals surface area contributed by atoms with E-state index in [0.29, 0.717) is 23.0 Å². The van der Waals surface area contributed by atoms with Crippen LogP contribution < -0.4 is 18.9 Å². The number of hydrogen-bond acceptors (Lipinski definition) is 6. The molecule has 0 aliphatic carbocycles. The summed E-state index contributed by atoms with van der Waals surface area (Å²) in [5, 5.41) is 6.80. The van der Waals surface area contributed by atoms with Gasteiger partial charge in [-0.25, -0.2) is 9.59 Å². The second kappa shape index (κ2) is 13.2. The van der Waals surface area contributed by atoms with Crippen LogP contribution in [-0.2, 0) is 16.0 Å². The van der Waals surface area contributed by atoms with E-state index >= 15 is 0 Å². The Morgan fingerprint density at radius 2 is 0.936 bits per heavy atom. The SMILES string of the molecule is CCCc1cccc2c(OCC(=O)Oc3cccc4ccccc34)c3ccccc3c(OCC(=O)Oc3cccc4ccccc34)c12. The minimum atomic E-state index is -0.514. The van der Waals surface area contributed by atoms with Crippen LogP contribution in [0.4, 0.5) is 0 Å². The first kappa shape index (κ1) is 29.8. The van der Waals surface area contributed by atoms with Crippen LogP contribution in [0, 0.1) is 0 Å². The van der Waals surface area contributed by atoms with Crippen molar-refractivity contribution < 1.29 is 28.5 Å². The molecule has 232 valence electrons. The summed E-state index contributed by atoms with van der Waals surface area (Å²) in [5.74, 6) is 1.06. The lowest BCUT2D eigenvalue weighted by molar-refractivity contribution is -0.137. The van der Waals surface area contributed by atoms with Gasteiger partial charge in [0.1, 0.15) is 23.0 Å². The van der Waals surface area contributed by atoms with Gasteiger partial charge in [-0.05, 0) is 34.9 Å². The van der Waals surface area contributed by atoms with E-state index < -0.39 is 11.9 Å². The molecule has 0 saturated carbocycles. The van der Waals surface area contributed by atoms with Crippen molar-refractivity contribution in [3.63, 3.8) is 0 Å². The summed E-state index contributed by atoms with van der Waals surface area (Å²) in [6.07, 6.45) is 1.69. The fourth-order valence-electron chi connectivity index (χ4n) is 6.14. The summed E-state index contributed by atoms with van der Waals surface area (Å²) >= 11 is 0. The predicted octanol–water partition coefficient (Wildman–Crippen LogP) is 9.22. The van der Waals surface area contributed by atoms with Crippen molar-refractivity contribution in [1.29, 1.82) is 0 Å². The Morgan fingerprint density at radius 1 is 0.489 bits per heavy atom. The van der Waals surface area contributed by atoms with Crippen molar-refractivity contribution in [2.75, 3.05) is 13.2 Å². The first-order chi connectivity index (χ1) is 23.1. The molecule has 0 spiro atoms. The van der Waals surface area contributed by atoms with Crippen LogP contribution in [0.15, 0.2) is 127 Å². The normalized spacial score (nSPS) is 11.2. The highest BCUT2D eigenvalue weighted by atomic mass is 16.6. The van der Waals surface area contributed by atoms with E-state index in [-0.39, 0.29) is 13.2 Å². The maximum absolute atomic E-state index is 13.2. The van der Waals surface area contributed by atoms with Crippen molar-refractivity contribution in [2.24, 2.45) is 0 Å².